The Hall–Kier alpha value is -1.31. The maximum atomic E-state index is 12.4. The molecule has 1 aromatic carbocycles. The average molecular weight is 496 g/mol. The van der Waals surface area contributed by atoms with E-state index in [0.717, 1.165) is 45.0 Å². The number of aliphatic imine (C=N–C) groups is 1. The van der Waals surface area contributed by atoms with E-state index in [0.29, 0.717) is 6.54 Å². The van der Waals surface area contributed by atoms with Crippen molar-refractivity contribution in [1.82, 2.24) is 15.1 Å². The first-order chi connectivity index (χ1) is 13.2. The fourth-order valence-corrected chi connectivity index (χ4v) is 5.31. The predicted octanol–water partition coefficient (Wildman–Crippen LogP) is 3.17. The second-order valence-electron chi connectivity index (χ2n) is 8.30. The summed E-state index contributed by atoms with van der Waals surface area (Å²) >= 11 is 0. The normalized spacial score (nSPS) is 24.7. The Labute approximate surface area is 186 Å². The van der Waals surface area contributed by atoms with Crippen LogP contribution in [0.15, 0.2) is 29.3 Å². The summed E-state index contributed by atoms with van der Waals surface area (Å²) in [5.41, 5.74) is 3.31. The van der Waals surface area contributed by atoms with Crippen LogP contribution >= 0.6 is 24.0 Å². The largest absolute Gasteiger partial charge is 0.347 e. The lowest BCUT2D eigenvalue weighted by molar-refractivity contribution is -0.128. The third-order valence-electron chi connectivity index (χ3n) is 6.63. The number of likely N-dealkylation sites (tertiary alicyclic amines) is 2. The van der Waals surface area contributed by atoms with E-state index >= 15 is 0 Å². The molecule has 1 unspecified atom stereocenters. The number of aryl methyl sites for hydroxylation is 1. The molecule has 154 valence electrons. The highest BCUT2D eigenvalue weighted by Gasteiger charge is 2.40. The zero-order chi connectivity index (χ0) is 18.7. The first kappa shape index (κ1) is 21.4. The second-order valence-corrected chi connectivity index (χ2v) is 8.30. The van der Waals surface area contributed by atoms with Gasteiger partial charge in [-0.15, -0.1) is 24.0 Å². The summed E-state index contributed by atoms with van der Waals surface area (Å²) < 4.78 is 0. The van der Waals surface area contributed by atoms with Gasteiger partial charge in [0.05, 0.1) is 6.54 Å². The molecule has 1 N–H and O–H groups in total. The molecule has 3 aliphatic rings. The third kappa shape index (κ3) is 4.31. The monoisotopic (exact) mass is 496 g/mol. The van der Waals surface area contributed by atoms with Crippen molar-refractivity contribution in [3.63, 3.8) is 0 Å². The van der Waals surface area contributed by atoms with Crippen molar-refractivity contribution in [2.75, 3.05) is 39.8 Å². The average Bonchev–Trinajstić information content (AvgIpc) is 3.24. The molecule has 2 aliphatic heterocycles. The molecule has 28 heavy (non-hydrogen) atoms. The summed E-state index contributed by atoms with van der Waals surface area (Å²) in [6.07, 6.45) is 8.42. The highest BCUT2D eigenvalue weighted by Crippen LogP contribution is 2.43. The molecule has 1 amide bonds. The van der Waals surface area contributed by atoms with Crippen LogP contribution in [0.1, 0.15) is 49.7 Å². The SMILES string of the molecule is CN=C(NCC(=O)N1CCCC1)N1CCCC2(CCCc3ccccc32)C1.I. The fraction of sp³-hybridized carbons (Fsp3) is 0.636. The van der Waals surface area contributed by atoms with Crippen molar-refractivity contribution >= 4 is 35.8 Å². The van der Waals surface area contributed by atoms with Crippen LogP contribution in [-0.4, -0.2) is 61.4 Å². The minimum Gasteiger partial charge on any atom is -0.347 e. The number of carbonyl (C=O) groups is 1. The van der Waals surface area contributed by atoms with E-state index in [1.54, 1.807) is 5.56 Å². The molecule has 0 bridgehead atoms. The van der Waals surface area contributed by atoms with Gasteiger partial charge in [0, 0.05) is 38.6 Å². The molecule has 1 atom stereocenters. The number of fused-ring (bicyclic) bond motifs is 2. The van der Waals surface area contributed by atoms with Crippen LogP contribution < -0.4 is 5.32 Å². The number of benzene rings is 1. The lowest BCUT2D eigenvalue weighted by atomic mass is 9.66. The molecule has 0 aromatic heterocycles. The van der Waals surface area contributed by atoms with E-state index in [1.807, 2.05) is 11.9 Å². The van der Waals surface area contributed by atoms with Crippen LogP contribution in [-0.2, 0) is 16.6 Å². The highest BCUT2D eigenvalue weighted by atomic mass is 127. The van der Waals surface area contributed by atoms with Crippen molar-refractivity contribution < 1.29 is 4.79 Å². The first-order valence-electron chi connectivity index (χ1n) is 10.5. The second kappa shape index (κ2) is 9.46. The summed E-state index contributed by atoms with van der Waals surface area (Å²) in [5.74, 6) is 1.08. The number of carbonyl (C=O) groups excluding carboxylic acids is 1. The Bertz CT molecular complexity index is 716. The molecule has 1 aliphatic carbocycles. The Balaban J connectivity index is 0.00000225. The lowest BCUT2D eigenvalue weighted by Gasteiger charge is -2.47. The zero-order valence-corrected chi connectivity index (χ0v) is 19.3. The van der Waals surface area contributed by atoms with Crippen LogP contribution in [0.2, 0.25) is 0 Å². The van der Waals surface area contributed by atoms with E-state index in [-0.39, 0.29) is 35.3 Å². The topological polar surface area (TPSA) is 47.9 Å². The lowest BCUT2D eigenvalue weighted by Crippen LogP contribution is -2.54. The molecule has 2 saturated heterocycles. The van der Waals surface area contributed by atoms with Crippen molar-refractivity contribution in [3.05, 3.63) is 35.4 Å². The van der Waals surface area contributed by atoms with Crippen molar-refractivity contribution in [1.29, 1.82) is 0 Å². The van der Waals surface area contributed by atoms with Gasteiger partial charge in [-0.2, -0.15) is 0 Å². The predicted molar refractivity (Wildman–Crippen MR) is 124 cm³/mol. The van der Waals surface area contributed by atoms with E-state index < -0.39 is 0 Å². The Morgan fingerprint density at radius 2 is 1.79 bits per heavy atom. The first-order valence-corrected chi connectivity index (χ1v) is 10.5. The summed E-state index contributed by atoms with van der Waals surface area (Å²) in [6, 6.07) is 9.00. The standard InChI is InChI=1S/C22H32N4O.HI/c1-23-21(24-16-20(27)25-13-4-5-14-25)26-15-7-12-22(17-26)11-6-9-18-8-2-3-10-19(18)22;/h2-3,8,10H,4-7,9,11-17H2,1H3,(H,23,24);1H. The van der Waals surface area contributed by atoms with Crippen molar-refractivity contribution in [3.8, 4) is 0 Å². The molecule has 6 heteroatoms. The molecule has 0 radical (unpaired) electrons. The Morgan fingerprint density at radius 1 is 1.07 bits per heavy atom. The molecule has 1 spiro atoms. The number of amides is 1. The smallest absolute Gasteiger partial charge is 0.241 e. The molecule has 5 nitrogen and oxygen atoms in total. The molecule has 2 fully saturated rings. The zero-order valence-electron chi connectivity index (χ0n) is 17.0. The molecule has 1 aromatic rings. The van der Waals surface area contributed by atoms with Crippen LogP contribution in [0.3, 0.4) is 0 Å². The van der Waals surface area contributed by atoms with Gasteiger partial charge in [-0.1, -0.05) is 24.3 Å². The number of hydrogen-bond acceptors (Lipinski definition) is 2. The summed E-state index contributed by atoms with van der Waals surface area (Å²) in [5, 5.41) is 3.35. The number of nitrogens with one attached hydrogen (secondary N) is 1. The van der Waals surface area contributed by atoms with Gasteiger partial charge in [0.25, 0.3) is 0 Å². The molecule has 4 rings (SSSR count). The molecule has 0 saturated carbocycles. The molecular weight excluding hydrogens is 463 g/mol. The molecule has 2 heterocycles. The Kier molecular flexibility index (Phi) is 7.23. The van der Waals surface area contributed by atoms with Gasteiger partial charge in [0.15, 0.2) is 5.96 Å². The number of rotatable bonds is 2. The number of piperidine rings is 1. The maximum absolute atomic E-state index is 12.4. The molecular formula is C22H33IN4O. The van der Waals surface area contributed by atoms with Gasteiger partial charge in [-0.05, 0) is 56.1 Å². The van der Waals surface area contributed by atoms with Gasteiger partial charge < -0.3 is 15.1 Å². The number of guanidine groups is 1. The summed E-state index contributed by atoms with van der Waals surface area (Å²) in [7, 11) is 1.83. The van der Waals surface area contributed by atoms with Crippen LogP contribution in [0, 0.1) is 0 Å². The van der Waals surface area contributed by atoms with Crippen molar-refractivity contribution in [2.45, 2.75) is 50.4 Å². The number of hydrogen-bond donors (Lipinski definition) is 1. The number of halogens is 1. The van der Waals surface area contributed by atoms with Crippen LogP contribution in [0.4, 0.5) is 0 Å². The van der Waals surface area contributed by atoms with E-state index in [9.17, 15) is 4.79 Å². The minimum absolute atomic E-state index is 0. The van der Waals surface area contributed by atoms with Crippen LogP contribution in [0.5, 0.6) is 0 Å². The van der Waals surface area contributed by atoms with Gasteiger partial charge in [-0.25, -0.2) is 0 Å². The Morgan fingerprint density at radius 3 is 2.57 bits per heavy atom. The summed E-state index contributed by atoms with van der Waals surface area (Å²) in [4.78, 5) is 21.2. The number of nitrogens with zero attached hydrogens (tertiary/aromatic N) is 3. The van der Waals surface area contributed by atoms with E-state index in [4.69, 9.17) is 0 Å². The third-order valence-corrected chi connectivity index (χ3v) is 6.63. The van der Waals surface area contributed by atoms with Crippen molar-refractivity contribution in [2.24, 2.45) is 4.99 Å². The van der Waals surface area contributed by atoms with Gasteiger partial charge in [0.2, 0.25) is 5.91 Å². The van der Waals surface area contributed by atoms with Gasteiger partial charge >= 0.3 is 0 Å². The summed E-state index contributed by atoms with van der Waals surface area (Å²) in [6.45, 7) is 4.18. The van der Waals surface area contributed by atoms with Crippen LogP contribution in [0.25, 0.3) is 0 Å². The fourth-order valence-electron chi connectivity index (χ4n) is 5.31. The highest BCUT2D eigenvalue weighted by molar-refractivity contribution is 14.0. The minimum atomic E-state index is 0. The van der Waals surface area contributed by atoms with Gasteiger partial charge in [-0.3, -0.25) is 9.79 Å². The quantitative estimate of drug-likeness (QED) is 0.389. The maximum Gasteiger partial charge on any atom is 0.241 e. The van der Waals surface area contributed by atoms with E-state index in [1.165, 1.54) is 37.7 Å². The van der Waals surface area contributed by atoms with Gasteiger partial charge in [0.1, 0.15) is 0 Å². The van der Waals surface area contributed by atoms with E-state index in [2.05, 4.69) is 39.5 Å².